The number of carbonyl (C=O) groups excluding carboxylic acids is 1. The molecule has 3 aromatic rings. The van der Waals surface area contributed by atoms with E-state index < -0.39 is 5.92 Å². The molecule has 1 heterocycles. The zero-order valence-electron chi connectivity index (χ0n) is 14.6. The average Bonchev–Trinajstić information content (AvgIpc) is 3.05. The van der Waals surface area contributed by atoms with Crippen molar-refractivity contribution < 1.29 is 4.79 Å². The van der Waals surface area contributed by atoms with E-state index in [1.54, 1.807) is 0 Å². The molecule has 0 bridgehead atoms. The third-order valence-corrected chi connectivity index (χ3v) is 4.00. The highest BCUT2D eigenvalue weighted by Crippen LogP contribution is 2.21. The molecule has 2 N–H and O–H groups in total. The molecule has 1 atom stereocenters. The lowest BCUT2D eigenvalue weighted by atomic mass is 9.96. The Hall–Kier alpha value is -3.02. The summed E-state index contributed by atoms with van der Waals surface area (Å²) < 4.78 is 0. The SMILES string of the molecule is Cc1cccc(CC(C(=O)Nc2cc(C)cc(C)c2)c2nn[nH]n2)c1. The molecule has 0 aliphatic carbocycles. The number of hydrogen-bond acceptors (Lipinski definition) is 4. The Morgan fingerprint density at radius 2 is 1.84 bits per heavy atom. The van der Waals surface area contributed by atoms with Crippen LogP contribution in [0.15, 0.2) is 42.5 Å². The van der Waals surface area contributed by atoms with E-state index in [-0.39, 0.29) is 5.91 Å². The van der Waals surface area contributed by atoms with E-state index in [1.807, 2.05) is 51.1 Å². The molecule has 2 aromatic carbocycles. The Kier molecular flexibility index (Phi) is 4.88. The summed E-state index contributed by atoms with van der Waals surface area (Å²) in [6, 6.07) is 14.1. The molecular weight excluding hydrogens is 314 g/mol. The van der Waals surface area contributed by atoms with Gasteiger partial charge in [0, 0.05) is 5.69 Å². The van der Waals surface area contributed by atoms with Crippen molar-refractivity contribution in [2.45, 2.75) is 33.1 Å². The van der Waals surface area contributed by atoms with Gasteiger partial charge >= 0.3 is 0 Å². The average molecular weight is 335 g/mol. The van der Waals surface area contributed by atoms with Gasteiger partial charge in [0.2, 0.25) is 5.91 Å². The second-order valence-corrected chi connectivity index (χ2v) is 6.38. The second-order valence-electron chi connectivity index (χ2n) is 6.38. The molecule has 6 nitrogen and oxygen atoms in total. The summed E-state index contributed by atoms with van der Waals surface area (Å²) in [6.07, 6.45) is 0.512. The van der Waals surface area contributed by atoms with Gasteiger partial charge in [-0.05, 0) is 56.0 Å². The number of rotatable bonds is 5. The monoisotopic (exact) mass is 335 g/mol. The topological polar surface area (TPSA) is 83.6 Å². The Balaban J connectivity index is 1.85. The summed E-state index contributed by atoms with van der Waals surface area (Å²) in [5.74, 6) is -0.266. The van der Waals surface area contributed by atoms with Crippen LogP contribution in [0.4, 0.5) is 5.69 Å². The van der Waals surface area contributed by atoms with E-state index in [0.717, 1.165) is 27.9 Å². The molecular formula is C19H21N5O. The van der Waals surface area contributed by atoms with Crippen LogP contribution in [0.1, 0.15) is 34.0 Å². The third kappa shape index (κ3) is 4.29. The van der Waals surface area contributed by atoms with E-state index in [0.29, 0.717) is 12.2 Å². The Bertz CT molecular complexity index is 853. The lowest BCUT2D eigenvalue weighted by Gasteiger charge is -2.15. The van der Waals surface area contributed by atoms with Crippen molar-refractivity contribution in [3.05, 3.63) is 70.5 Å². The fourth-order valence-corrected chi connectivity index (χ4v) is 2.97. The molecule has 6 heteroatoms. The minimum absolute atomic E-state index is 0.145. The first-order valence-electron chi connectivity index (χ1n) is 8.19. The van der Waals surface area contributed by atoms with Crippen LogP contribution in [0.2, 0.25) is 0 Å². The van der Waals surface area contributed by atoms with Crippen LogP contribution in [0.5, 0.6) is 0 Å². The van der Waals surface area contributed by atoms with E-state index in [2.05, 4.69) is 38.1 Å². The molecule has 0 fully saturated rings. The van der Waals surface area contributed by atoms with E-state index in [1.165, 1.54) is 0 Å². The first-order valence-corrected chi connectivity index (χ1v) is 8.19. The molecule has 0 spiro atoms. The van der Waals surface area contributed by atoms with Gasteiger partial charge in [0.25, 0.3) is 0 Å². The molecule has 0 aliphatic heterocycles. The van der Waals surface area contributed by atoms with Crippen LogP contribution in [-0.2, 0) is 11.2 Å². The normalized spacial score (nSPS) is 12.0. The third-order valence-electron chi connectivity index (χ3n) is 4.00. The maximum atomic E-state index is 12.9. The summed E-state index contributed by atoms with van der Waals surface area (Å²) in [5, 5.41) is 17.1. The number of aromatic amines is 1. The Morgan fingerprint density at radius 1 is 1.08 bits per heavy atom. The number of carbonyl (C=O) groups is 1. The van der Waals surface area contributed by atoms with Crippen molar-refractivity contribution >= 4 is 11.6 Å². The number of amides is 1. The van der Waals surface area contributed by atoms with Crippen LogP contribution in [-0.4, -0.2) is 26.5 Å². The quantitative estimate of drug-likeness (QED) is 0.750. The largest absolute Gasteiger partial charge is 0.325 e. The van der Waals surface area contributed by atoms with Gasteiger partial charge in [0.05, 0.1) is 0 Å². The Morgan fingerprint density at radius 3 is 2.48 bits per heavy atom. The molecule has 0 radical (unpaired) electrons. The summed E-state index contributed by atoms with van der Waals surface area (Å²) in [6.45, 7) is 6.04. The van der Waals surface area contributed by atoms with Crippen molar-refractivity contribution in [2.24, 2.45) is 0 Å². The van der Waals surface area contributed by atoms with Crippen LogP contribution in [0.3, 0.4) is 0 Å². The summed E-state index contributed by atoms with van der Waals surface area (Å²) in [7, 11) is 0. The van der Waals surface area contributed by atoms with E-state index in [9.17, 15) is 4.79 Å². The maximum absolute atomic E-state index is 12.9. The number of benzene rings is 2. The van der Waals surface area contributed by atoms with Crippen LogP contribution >= 0.6 is 0 Å². The molecule has 0 saturated carbocycles. The molecule has 3 rings (SSSR count). The van der Waals surface area contributed by atoms with Gasteiger partial charge in [-0.25, -0.2) is 0 Å². The smallest absolute Gasteiger partial charge is 0.235 e. The van der Waals surface area contributed by atoms with Crippen molar-refractivity contribution in [3.63, 3.8) is 0 Å². The highest BCUT2D eigenvalue weighted by Gasteiger charge is 2.25. The van der Waals surface area contributed by atoms with Crippen LogP contribution in [0, 0.1) is 20.8 Å². The molecule has 1 aromatic heterocycles. The van der Waals surface area contributed by atoms with Gasteiger partial charge in [-0.2, -0.15) is 5.21 Å². The molecule has 0 saturated heterocycles. The summed E-state index contributed by atoms with van der Waals surface area (Å²) >= 11 is 0. The maximum Gasteiger partial charge on any atom is 0.235 e. The van der Waals surface area contributed by atoms with Crippen molar-refractivity contribution in [2.75, 3.05) is 5.32 Å². The molecule has 25 heavy (non-hydrogen) atoms. The predicted molar refractivity (Wildman–Crippen MR) is 96.3 cm³/mol. The first-order chi connectivity index (χ1) is 12.0. The zero-order valence-corrected chi connectivity index (χ0v) is 14.6. The lowest BCUT2D eigenvalue weighted by Crippen LogP contribution is -2.24. The van der Waals surface area contributed by atoms with Crippen LogP contribution in [0.25, 0.3) is 0 Å². The first kappa shape index (κ1) is 16.8. The minimum atomic E-state index is -0.513. The summed E-state index contributed by atoms with van der Waals surface area (Å²) in [4.78, 5) is 12.9. The number of nitrogens with one attached hydrogen (secondary N) is 2. The number of aryl methyl sites for hydroxylation is 3. The summed E-state index contributed by atoms with van der Waals surface area (Å²) in [5.41, 5.74) is 5.19. The number of aromatic nitrogens is 4. The molecule has 0 aliphatic rings. The number of hydrogen-bond donors (Lipinski definition) is 2. The Labute approximate surface area is 146 Å². The van der Waals surface area contributed by atoms with E-state index in [4.69, 9.17) is 0 Å². The van der Waals surface area contributed by atoms with Crippen LogP contribution < -0.4 is 5.32 Å². The van der Waals surface area contributed by atoms with Gasteiger partial charge in [-0.15, -0.1) is 10.2 Å². The minimum Gasteiger partial charge on any atom is -0.325 e. The van der Waals surface area contributed by atoms with Gasteiger partial charge in [-0.3, -0.25) is 4.79 Å². The van der Waals surface area contributed by atoms with Gasteiger partial charge in [-0.1, -0.05) is 41.1 Å². The number of tetrazole rings is 1. The number of nitrogens with zero attached hydrogens (tertiary/aromatic N) is 3. The fourth-order valence-electron chi connectivity index (χ4n) is 2.97. The highest BCUT2D eigenvalue weighted by atomic mass is 16.1. The molecule has 1 unspecified atom stereocenters. The number of H-pyrrole nitrogens is 1. The van der Waals surface area contributed by atoms with Gasteiger partial charge in [0.15, 0.2) is 5.82 Å². The van der Waals surface area contributed by atoms with Crippen molar-refractivity contribution in [1.82, 2.24) is 20.6 Å². The standard InChI is InChI=1S/C19H21N5O/c1-12-5-4-6-15(8-12)11-17(18-21-23-24-22-18)19(25)20-16-9-13(2)7-14(3)10-16/h4-10,17H,11H2,1-3H3,(H,20,25)(H,21,22,23,24). The van der Waals surface area contributed by atoms with Gasteiger partial charge in [0.1, 0.15) is 5.92 Å². The van der Waals surface area contributed by atoms with Crippen molar-refractivity contribution in [3.8, 4) is 0 Å². The zero-order chi connectivity index (χ0) is 17.8. The second kappa shape index (κ2) is 7.25. The predicted octanol–water partition coefficient (Wildman–Crippen LogP) is 3.09. The van der Waals surface area contributed by atoms with Crippen molar-refractivity contribution in [1.29, 1.82) is 0 Å². The highest BCUT2D eigenvalue weighted by molar-refractivity contribution is 5.95. The lowest BCUT2D eigenvalue weighted by molar-refractivity contribution is -0.117. The van der Waals surface area contributed by atoms with Gasteiger partial charge < -0.3 is 5.32 Å². The van der Waals surface area contributed by atoms with E-state index >= 15 is 0 Å². The fraction of sp³-hybridized carbons (Fsp3) is 0.263. The molecule has 1 amide bonds. The molecule has 128 valence electrons. The number of anilines is 1.